The van der Waals surface area contributed by atoms with Gasteiger partial charge in [-0.25, -0.2) is 4.79 Å². The standard InChI is InChI=1S/C14H28N2O2/c1-10(2)8-11(3)15-14(18)16-13-7-5-4-6-12(13)9-17/h10-13,17H,4-9H2,1-3H3,(H2,15,16,18). The Labute approximate surface area is 111 Å². The third kappa shape index (κ3) is 5.25. The van der Waals surface area contributed by atoms with E-state index in [4.69, 9.17) is 0 Å². The topological polar surface area (TPSA) is 61.4 Å². The van der Waals surface area contributed by atoms with Gasteiger partial charge in [0.2, 0.25) is 0 Å². The summed E-state index contributed by atoms with van der Waals surface area (Å²) >= 11 is 0. The van der Waals surface area contributed by atoms with Crippen molar-refractivity contribution in [2.45, 2.75) is 65.0 Å². The summed E-state index contributed by atoms with van der Waals surface area (Å²) in [5, 5.41) is 15.3. The molecule has 1 aliphatic carbocycles. The number of rotatable bonds is 5. The van der Waals surface area contributed by atoms with Crippen LogP contribution in [0.25, 0.3) is 0 Å². The summed E-state index contributed by atoms with van der Waals surface area (Å²) in [6.45, 7) is 6.51. The highest BCUT2D eigenvalue weighted by atomic mass is 16.3. The van der Waals surface area contributed by atoms with Gasteiger partial charge in [0.25, 0.3) is 0 Å². The Morgan fingerprint density at radius 2 is 1.94 bits per heavy atom. The molecule has 0 bridgehead atoms. The summed E-state index contributed by atoms with van der Waals surface area (Å²) in [6, 6.07) is 0.240. The Balaban J connectivity index is 2.34. The molecule has 1 saturated carbocycles. The predicted molar refractivity (Wildman–Crippen MR) is 73.4 cm³/mol. The van der Waals surface area contributed by atoms with Gasteiger partial charge in [0.05, 0.1) is 0 Å². The Hall–Kier alpha value is -0.770. The van der Waals surface area contributed by atoms with E-state index >= 15 is 0 Å². The third-order valence-corrected chi connectivity index (χ3v) is 3.66. The molecule has 1 rings (SSSR count). The monoisotopic (exact) mass is 256 g/mol. The number of urea groups is 1. The van der Waals surface area contributed by atoms with Crippen LogP contribution >= 0.6 is 0 Å². The molecule has 0 aliphatic heterocycles. The summed E-state index contributed by atoms with van der Waals surface area (Å²) in [7, 11) is 0. The average molecular weight is 256 g/mol. The summed E-state index contributed by atoms with van der Waals surface area (Å²) in [6.07, 6.45) is 5.29. The number of aliphatic hydroxyl groups excluding tert-OH is 1. The molecule has 0 radical (unpaired) electrons. The fourth-order valence-corrected chi connectivity index (χ4v) is 2.82. The molecule has 4 nitrogen and oxygen atoms in total. The second-order valence-corrected chi connectivity index (χ2v) is 5.98. The van der Waals surface area contributed by atoms with Gasteiger partial charge in [-0.15, -0.1) is 0 Å². The lowest BCUT2D eigenvalue weighted by Crippen LogP contribution is -2.49. The van der Waals surface area contributed by atoms with Gasteiger partial charge >= 0.3 is 6.03 Å². The fourth-order valence-electron chi connectivity index (χ4n) is 2.82. The Morgan fingerprint density at radius 1 is 1.28 bits per heavy atom. The van der Waals surface area contributed by atoms with Crippen LogP contribution < -0.4 is 10.6 Å². The summed E-state index contributed by atoms with van der Waals surface area (Å²) in [4.78, 5) is 11.9. The first-order valence-corrected chi connectivity index (χ1v) is 7.20. The summed E-state index contributed by atoms with van der Waals surface area (Å²) in [5.74, 6) is 0.810. The average Bonchev–Trinajstić information content (AvgIpc) is 2.28. The zero-order chi connectivity index (χ0) is 13.5. The van der Waals surface area contributed by atoms with Crippen molar-refractivity contribution >= 4 is 6.03 Å². The molecule has 0 aromatic carbocycles. The number of aliphatic hydroxyl groups is 1. The highest BCUT2D eigenvalue weighted by Gasteiger charge is 2.26. The van der Waals surface area contributed by atoms with Crippen LogP contribution in [0.1, 0.15) is 52.9 Å². The van der Waals surface area contributed by atoms with Crippen LogP contribution in [0, 0.1) is 11.8 Å². The van der Waals surface area contributed by atoms with Crippen molar-refractivity contribution in [3.8, 4) is 0 Å². The van der Waals surface area contributed by atoms with Crippen LogP contribution in [-0.4, -0.2) is 29.8 Å². The highest BCUT2D eigenvalue weighted by Crippen LogP contribution is 2.23. The molecule has 0 aromatic heterocycles. The van der Waals surface area contributed by atoms with E-state index in [1.807, 2.05) is 6.92 Å². The normalized spacial score (nSPS) is 25.8. The van der Waals surface area contributed by atoms with Crippen molar-refractivity contribution < 1.29 is 9.90 Å². The molecule has 3 unspecified atom stereocenters. The Kier molecular flexibility index (Phi) is 6.47. The smallest absolute Gasteiger partial charge is 0.315 e. The van der Waals surface area contributed by atoms with Gasteiger partial charge in [-0.1, -0.05) is 26.7 Å². The lowest BCUT2D eigenvalue weighted by atomic mass is 9.85. The van der Waals surface area contributed by atoms with Crippen molar-refractivity contribution in [3.63, 3.8) is 0 Å². The summed E-state index contributed by atoms with van der Waals surface area (Å²) in [5.41, 5.74) is 0. The van der Waals surface area contributed by atoms with Crippen molar-refractivity contribution in [1.82, 2.24) is 10.6 Å². The van der Waals surface area contributed by atoms with Crippen LogP contribution in [0.4, 0.5) is 4.79 Å². The molecular formula is C14H28N2O2. The molecular weight excluding hydrogens is 228 g/mol. The number of carbonyl (C=O) groups excluding carboxylic acids is 1. The molecule has 4 heteroatoms. The highest BCUT2D eigenvalue weighted by molar-refractivity contribution is 5.74. The van der Waals surface area contributed by atoms with E-state index in [9.17, 15) is 9.90 Å². The number of hydrogen-bond donors (Lipinski definition) is 3. The van der Waals surface area contributed by atoms with Gasteiger partial charge < -0.3 is 15.7 Å². The molecule has 3 N–H and O–H groups in total. The molecule has 18 heavy (non-hydrogen) atoms. The molecule has 1 aliphatic rings. The molecule has 0 heterocycles. The largest absolute Gasteiger partial charge is 0.396 e. The van der Waals surface area contributed by atoms with Crippen molar-refractivity contribution in [2.75, 3.05) is 6.61 Å². The second-order valence-electron chi connectivity index (χ2n) is 5.98. The minimum absolute atomic E-state index is 0.0894. The van der Waals surface area contributed by atoms with Crippen molar-refractivity contribution in [2.24, 2.45) is 11.8 Å². The lowest BCUT2D eigenvalue weighted by Gasteiger charge is -2.31. The molecule has 0 saturated heterocycles. The van der Waals surface area contributed by atoms with Crippen molar-refractivity contribution in [1.29, 1.82) is 0 Å². The first kappa shape index (κ1) is 15.3. The van der Waals surface area contributed by atoms with Gasteiger partial charge in [0.1, 0.15) is 0 Å². The maximum atomic E-state index is 11.9. The van der Waals surface area contributed by atoms with E-state index in [0.717, 1.165) is 32.1 Å². The van der Waals surface area contributed by atoms with E-state index in [1.54, 1.807) is 0 Å². The second kappa shape index (κ2) is 7.62. The number of amides is 2. The van der Waals surface area contributed by atoms with E-state index < -0.39 is 0 Å². The van der Waals surface area contributed by atoms with Gasteiger partial charge in [-0.05, 0) is 32.1 Å². The van der Waals surface area contributed by atoms with Crippen LogP contribution in [0.5, 0.6) is 0 Å². The third-order valence-electron chi connectivity index (χ3n) is 3.66. The first-order valence-electron chi connectivity index (χ1n) is 7.20. The summed E-state index contributed by atoms with van der Waals surface area (Å²) < 4.78 is 0. The predicted octanol–water partition coefficient (Wildman–Crippen LogP) is 2.27. The molecule has 2 amide bonds. The Bertz CT molecular complexity index is 256. The number of carbonyl (C=O) groups is 1. The van der Waals surface area contributed by atoms with E-state index in [0.29, 0.717) is 5.92 Å². The minimum atomic E-state index is -0.0894. The van der Waals surface area contributed by atoms with Crippen molar-refractivity contribution in [3.05, 3.63) is 0 Å². The van der Waals surface area contributed by atoms with Crippen LogP contribution in [0.2, 0.25) is 0 Å². The van der Waals surface area contributed by atoms with E-state index in [1.165, 1.54) is 0 Å². The first-order chi connectivity index (χ1) is 8.52. The molecule has 0 spiro atoms. The quantitative estimate of drug-likeness (QED) is 0.706. The van der Waals surface area contributed by atoms with Gasteiger partial charge in [0.15, 0.2) is 0 Å². The maximum absolute atomic E-state index is 11.9. The SMILES string of the molecule is CC(C)CC(C)NC(=O)NC1CCCCC1CO. The van der Waals surface area contributed by atoms with Gasteiger partial charge in [0, 0.05) is 24.6 Å². The van der Waals surface area contributed by atoms with Crippen LogP contribution in [-0.2, 0) is 0 Å². The van der Waals surface area contributed by atoms with Gasteiger partial charge in [-0.3, -0.25) is 0 Å². The zero-order valence-electron chi connectivity index (χ0n) is 11.9. The minimum Gasteiger partial charge on any atom is -0.396 e. The van der Waals surface area contributed by atoms with Gasteiger partial charge in [-0.2, -0.15) is 0 Å². The maximum Gasteiger partial charge on any atom is 0.315 e. The molecule has 1 fully saturated rings. The van der Waals surface area contributed by atoms with E-state index in [2.05, 4.69) is 24.5 Å². The van der Waals surface area contributed by atoms with E-state index in [-0.39, 0.29) is 30.6 Å². The fraction of sp³-hybridized carbons (Fsp3) is 0.929. The molecule has 3 atom stereocenters. The zero-order valence-corrected chi connectivity index (χ0v) is 11.9. The molecule has 0 aromatic rings. The van der Waals surface area contributed by atoms with Crippen LogP contribution in [0.3, 0.4) is 0 Å². The number of hydrogen-bond acceptors (Lipinski definition) is 2. The Morgan fingerprint density at radius 3 is 2.56 bits per heavy atom. The lowest BCUT2D eigenvalue weighted by molar-refractivity contribution is 0.153. The van der Waals surface area contributed by atoms with Crippen LogP contribution in [0.15, 0.2) is 0 Å². The molecule has 106 valence electrons. The number of nitrogens with one attached hydrogen (secondary N) is 2.